The van der Waals surface area contributed by atoms with Crippen LogP contribution in [0.15, 0.2) is 72.9 Å². The number of rotatable bonds is 49. The Hall–Kier alpha value is -3.15. The van der Waals surface area contributed by atoms with Crippen molar-refractivity contribution in [1.29, 1.82) is 0 Å². The van der Waals surface area contributed by atoms with Crippen LogP contribution in [0.25, 0.3) is 0 Å². The topological polar surface area (TPSA) is 78.9 Å². The van der Waals surface area contributed by atoms with E-state index in [-0.39, 0.29) is 31.1 Å². The van der Waals surface area contributed by atoms with Gasteiger partial charge in [0.2, 0.25) is 0 Å². The summed E-state index contributed by atoms with van der Waals surface area (Å²) in [6.45, 7) is 6.48. The molecule has 0 saturated heterocycles. The Morgan fingerprint density at radius 1 is 0.323 bits per heavy atom. The van der Waals surface area contributed by atoms with Crippen LogP contribution in [0, 0.1) is 0 Å². The highest BCUT2D eigenvalue weighted by atomic mass is 16.6. The zero-order valence-electron chi connectivity index (χ0n) is 42.7. The number of hydrogen-bond donors (Lipinski definition) is 0. The van der Waals surface area contributed by atoms with Crippen molar-refractivity contribution in [2.24, 2.45) is 0 Å². The number of carbonyl (C=O) groups excluding carboxylic acids is 3. The lowest BCUT2D eigenvalue weighted by Gasteiger charge is -2.18. The van der Waals surface area contributed by atoms with Crippen LogP contribution in [-0.4, -0.2) is 37.2 Å². The SMILES string of the molecule is CC/C=C\C/C=C\C/C=C\C/C=C\CCCCCCC(=O)OC[C@H](COC(=O)CCCCCCCCC/C=C\C/C=C\CCCCC)OC(=O)CCCCCCCCCCCCCCC. The van der Waals surface area contributed by atoms with Crippen molar-refractivity contribution < 1.29 is 28.6 Å². The summed E-state index contributed by atoms with van der Waals surface area (Å²) in [6.07, 6.45) is 67.4. The van der Waals surface area contributed by atoms with Crippen LogP contribution in [0.1, 0.15) is 265 Å². The molecule has 0 aromatic rings. The van der Waals surface area contributed by atoms with Gasteiger partial charge < -0.3 is 14.2 Å². The zero-order valence-corrected chi connectivity index (χ0v) is 42.7. The Kier molecular flexibility index (Phi) is 50.9. The summed E-state index contributed by atoms with van der Waals surface area (Å²) >= 11 is 0. The highest BCUT2D eigenvalue weighted by Crippen LogP contribution is 2.15. The normalized spacial score (nSPS) is 12.6. The number of esters is 3. The van der Waals surface area contributed by atoms with Crippen molar-refractivity contribution in [3.63, 3.8) is 0 Å². The first-order valence-electron chi connectivity index (χ1n) is 27.4. The molecule has 0 unspecified atom stereocenters. The minimum Gasteiger partial charge on any atom is -0.462 e. The fraction of sp³-hybridized carbons (Fsp3) is 0.746. The van der Waals surface area contributed by atoms with Crippen LogP contribution in [-0.2, 0) is 28.6 Å². The van der Waals surface area contributed by atoms with Gasteiger partial charge >= 0.3 is 17.9 Å². The fourth-order valence-corrected chi connectivity index (χ4v) is 7.58. The highest BCUT2D eigenvalue weighted by molar-refractivity contribution is 5.71. The van der Waals surface area contributed by atoms with Crippen molar-refractivity contribution in [1.82, 2.24) is 0 Å². The summed E-state index contributed by atoms with van der Waals surface area (Å²) < 4.78 is 16.8. The maximum Gasteiger partial charge on any atom is 0.306 e. The summed E-state index contributed by atoms with van der Waals surface area (Å²) in [5, 5.41) is 0. The zero-order chi connectivity index (χ0) is 47.2. The smallest absolute Gasteiger partial charge is 0.306 e. The third-order valence-corrected chi connectivity index (χ3v) is 11.7. The predicted molar refractivity (Wildman–Crippen MR) is 279 cm³/mol. The summed E-state index contributed by atoms with van der Waals surface area (Å²) in [5.41, 5.74) is 0. The van der Waals surface area contributed by atoms with Crippen LogP contribution in [0.4, 0.5) is 0 Å². The molecule has 0 aliphatic heterocycles. The van der Waals surface area contributed by atoms with E-state index in [1.807, 2.05) is 0 Å². The molecule has 374 valence electrons. The lowest BCUT2D eigenvalue weighted by Crippen LogP contribution is -2.30. The van der Waals surface area contributed by atoms with E-state index in [1.54, 1.807) is 0 Å². The van der Waals surface area contributed by atoms with E-state index < -0.39 is 6.10 Å². The Balaban J connectivity index is 4.41. The summed E-state index contributed by atoms with van der Waals surface area (Å²) in [4.78, 5) is 38.1. The monoisotopic (exact) mass is 907 g/mol. The molecule has 0 rings (SSSR count). The standard InChI is InChI=1S/C59H102O6/c1-4-7-10-13-16-19-22-25-27-29-31-34-36-39-42-45-48-51-57(60)63-54-56(65-59(62)53-50-47-44-41-38-33-24-21-18-15-12-9-6-3)55-64-58(61)52-49-46-43-40-37-35-32-30-28-26-23-20-17-14-11-8-5-2/h7,10,16-17,19-20,25-28,31,34,56H,4-6,8-9,11-15,18,21-24,29-30,32-33,35-55H2,1-3H3/b10-7-,19-16-,20-17-,27-25-,28-26-,34-31-/t56-/m1/s1. The number of allylic oxidation sites excluding steroid dienone is 12. The Labute approximate surface area is 402 Å². The van der Waals surface area contributed by atoms with Gasteiger partial charge in [0.15, 0.2) is 6.10 Å². The van der Waals surface area contributed by atoms with Gasteiger partial charge in [-0.15, -0.1) is 0 Å². The Bertz CT molecular complexity index is 1230. The molecule has 0 heterocycles. The number of carbonyl (C=O) groups is 3. The van der Waals surface area contributed by atoms with Crippen LogP contribution < -0.4 is 0 Å². The number of unbranched alkanes of at least 4 members (excludes halogenated alkanes) is 26. The van der Waals surface area contributed by atoms with E-state index >= 15 is 0 Å². The average molecular weight is 907 g/mol. The highest BCUT2D eigenvalue weighted by Gasteiger charge is 2.19. The molecule has 65 heavy (non-hydrogen) atoms. The Morgan fingerprint density at radius 3 is 0.969 bits per heavy atom. The molecule has 0 bridgehead atoms. The van der Waals surface area contributed by atoms with Crippen LogP contribution >= 0.6 is 0 Å². The van der Waals surface area contributed by atoms with Crippen LogP contribution in [0.3, 0.4) is 0 Å². The first kappa shape index (κ1) is 61.9. The van der Waals surface area contributed by atoms with Gasteiger partial charge in [0.05, 0.1) is 0 Å². The van der Waals surface area contributed by atoms with Gasteiger partial charge in [-0.2, -0.15) is 0 Å². The molecule has 0 amide bonds. The lowest BCUT2D eigenvalue weighted by molar-refractivity contribution is -0.167. The second-order valence-corrected chi connectivity index (χ2v) is 18.1. The van der Waals surface area contributed by atoms with E-state index in [1.165, 1.54) is 116 Å². The summed E-state index contributed by atoms with van der Waals surface area (Å²) in [7, 11) is 0. The molecule has 0 saturated carbocycles. The van der Waals surface area contributed by atoms with Crippen molar-refractivity contribution in [2.45, 2.75) is 271 Å². The summed E-state index contributed by atoms with van der Waals surface area (Å²) in [6, 6.07) is 0. The molecule has 0 spiro atoms. The molecule has 0 aromatic heterocycles. The van der Waals surface area contributed by atoms with Gasteiger partial charge in [-0.05, 0) is 89.9 Å². The van der Waals surface area contributed by atoms with E-state index in [4.69, 9.17) is 14.2 Å². The average Bonchev–Trinajstić information content (AvgIpc) is 3.30. The van der Waals surface area contributed by atoms with E-state index in [9.17, 15) is 14.4 Å². The van der Waals surface area contributed by atoms with E-state index in [0.717, 1.165) is 109 Å². The number of hydrogen-bond acceptors (Lipinski definition) is 6. The largest absolute Gasteiger partial charge is 0.462 e. The fourth-order valence-electron chi connectivity index (χ4n) is 7.58. The predicted octanol–water partition coefficient (Wildman–Crippen LogP) is 18.2. The van der Waals surface area contributed by atoms with Crippen LogP contribution in [0.5, 0.6) is 0 Å². The minimum atomic E-state index is -0.787. The second kappa shape index (κ2) is 53.5. The van der Waals surface area contributed by atoms with Gasteiger partial charge in [0, 0.05) is 19.3 Å². The van der Waals surface area contributed by atoms with Gasteiger partial charge in [0.1, 0.15) is 13.2 Å². The minimum absolute atomic E-state index is 0.0859. The Morgan fingerprint density at radius 2 is 0.600 bits per heavy atom. The van der Waals surface area contributed by atoms with Gasteiger partial charge in [-0.25, -0.2) is 0 Å². The van der Waals surface area contributed by atoms with Gasteiger partial charge in [-0.3, -0.25) is 14.4 Å². The molecule has 0 aliphatic carbocycles. The van der Waals surface area contributed by atoms with Crippen molar-refractivity contribution in [3.05, 3.63) is 72.9 Å². The van der Waals surface area contributed by atoms with E-state index in [2.05, 4.69) is 93.7 Å². The van der Waals surface area contributed by atoms with Crippen molar-refractivity contribution in [3.8, 4) is 0 Å². The molecular weight excluding hydrogens is 805 g/mol. The summed E-state index contributed by atoms with van der Waals surface area (Å²) in [5.74, 6) is -0.910. The maximum absolute atomic E-state index is 12.8. The molecule has 1 atom stereocenters. The maximum atomic E-state index is 12.8. The van der Waals surface area contributed by atoms with Gasteiger partial charge in [0.25, 0.3) is 0 Å². The first-order chi connectivity index (χ1) is 32.0. The molecular formula is C59H102O6. The molecule has 0 radical (unpaired) electrons. The molecule has 0 fully saturated rings. The van der Waals surface area contributed by atoms with E-state index in [0.29, 0.717) is 19.3 Å². The third kappa shape index (κ3) is 51.7. The third-order valence-electron chi connectivity index (χ3n) is 11.7. The molecule has 6 nitrogen and oxygen atoms in total. The number of ether oxygens (including phenoxy) is 3. The molecule has 0 aromatic carbocycles. The molecule has 6 heteroatoms. The van der Waals surface area contributed by atoms with Crippen molar-refractivity contribution >= 4 is 17.9 Å². The molecule has 0 aliphatic rings. The molecule has 0 N–H and O–H groups in total. The van der Waals surface area contributed by atoms with Crippen LogP contribution in [0.2, 0.25) is 0 Å². The first-order valence-corrected chi connectivity index (χ1v) is 27.4. The van der Waals surface area contributed by atoms with Crippen molar-refractivity contribution in [2.75, 3.05) is 13.2 Å². The van der Waals surface area contributed by atoms with Gasteiger partial charge in [-0.1, -0.05) is 229 Å². The lowest BCUT2D eigenvalue weighted by atomic mass is 10.0. The second-order valence-electron chi connectivity index (χ2n) is 18.1. The quantitative estimate of drug-likeness (QED) is 0.0262.